The normalized spacial score (nSPS) is 24.1. The van der Waals surface area contributed by atoms with Crippen LogP contribution in [-0.2, 0) is 0 Å². The fourth-order valence-electron chi connectivity index (χ4n) is 3.97. The van der Waals surface area contributed by atoms with E-state index in [0.29, 0.717) is 11.1 Å². The van der Waals surface area contributed by atoms with Crippen LogP contribution in [0.1, 0.15) is 40.3 Å². The highest BCUT2D eigenvalue weighted by Gasteiger charge is 2.47. The van der Waals surface area contributed by atoms with E-state index < -0.39 is 7.38 Å². The second-order valence-corrected chi connectivity index (χ2v) is 12.1. The van der Waals surface area contributed by atoms with Gasteiger partial charge in [0.05, 0.1) is 0 Å². The first-order chi connectivity index (χ1) is 10.7. The summed E-state index contributed by atoms with van der Waals surface area (Å²) < 4.78 is 0. The lowest BCUT2D eigenvalue weighted by atomic mass is 10.1. The first-order valence-corrected chi connectivity index (χ1v) is 11.3. The van der Waals surface area contributed by atoms with Gasteiger partial charge in [-0.2, -0.15) is 11.1 Å². The van der Waals surface area contributed by atoms with Gasteiger partial charge >= 0.3 is 0 Å². The van der Waals surface area contributed by atoms with Crippen molar-refractivity contribution in [3.8, 4) is 0 Å². The summed E-state index contributed by atoms with van der Waals surface area (Å²) in [5.74, 6) is 0. The molecule has 2 aromatic rings. The van der Waals surface area contributed by atoms with Crippen molar-refractivity contribution in [2.24, 2.45) is 0 Å². The van der Waals surface area contributed by atoms with Crippen LogP contribution in [0.4, 0.5) is 0 Å². The smallest absolute Gasteiger partial charge is 0.165 e. The summed E-state index contributed by atoms with van der Waals surface area (Å²) in [7, 11) is -2.06. The Bertz CT molecular complexity index is 713. The molecule has 0 N–H and O–H groups in total. The Balaban J connectivity index is 1.80. The van der Waals surface area contributed by atoms with Crippen LogP contribution in [-0.4, -0.2) is 7.38 Å². The van der Waals surface area contributed by atoms with E-state index in [1.807, 2.05) is 0 Å². The summed E-state index contributed by atoms with van der Waals surface area (Å²) in [6, 6.07) is 18.5. The van der Waals surface area contributed by atoms with Gasteiger partial charge in [0.25, 0.3) is 0 Å². The summed E-state index contributed by atoms with van der Waals surface area (Å²) in [5.41, 5.74) is 6.32. The van der Waals surface area contributed by atoms with Crippen molar-refractivity contribution in [2.75, 3.05) is 0 Å². The maximum absolute atomic E-state index is 7.43. The van der Waals surface area contributed by atoms with Gasteiger partial charge in [-0.3, -0.25) is 0 Å². The minimum absolute atomic E-state index is 0.399. The zero-order chi connectivity index (χ0) is 15.2. The molecule has 0 fully saturated rings. The number of halogens is 1. The zero-order valence-corrected chi connectivity index (χ0v) is 14.4. The molecular formula is C20H19ClSi. The molecule has 0 spiro atoms. The second-order valence-electron chi connectivity index (χ2n) is 6.21. The Kier molecular flexibility index (Phi) is 3.36. The molecule has 22 heavy (non-hydrogen) atoms. The van der Waals surface area contributed by atoms with E-state index in [9.17, 15) is 0 Å². The van der Waals surface area contributed by atoms with Gasteiger partial charge in [-0.15, -0.1) is 0 Å². The summed E-state index contributed by atoms with van der Waals surface area (Å²) in [6.45, 7) is 2.27. The molecule has 0 aromatic heterocycles. The Morgan fingerprint density at radius 1 is 0.818 bits per heavy atom. The highest BCUT2D eigenvalue weighted by atomic mass is 35.6. The average Bonchev–Trinajstić information content (AvgIpc) is 3.19. The molecule has 2 aliphatic rings. The van der Waals surface area contributed by atoms with Crippen molar-refractivity contribution in [3.63, 3.8) is 0 Å². The molecule has 2 heteroatoms. The predicted molar refractivity (Wildman–Crippen MR) is 98.5 cm³/mol. The van der Waals surface area contributed by atoms with Crippen LogP contribution in [0.2, 0.25) is 6.04 Å². The van der Waals surface area contributed by atoms with E-state index in [1.165, 1.54) is 22.3 Å². The van der Waals surface area contributed by atoms with Crippen LogP contribution in [0.5, 0.6) is 0 Å². The second kappa shape index (κ2) is 5.26. The molecule has 0 saturated carbocycles. The maximum Gasteiger partial charge on any atom is 0.178 e. The Morgan fingerprint density at radius 3 is 1.73 bits per heavy atom. The Labute approximate surface area is 137 Å². The van der Waals surface area contributed by atoms with Gasteiger partial charge in [0.15, 0.2) is 7.38 Å². The van der Waals surface area contributed by atoms with Crippen LogP contribution >= 0.6 is 11.1 Å². The number of rotatable bonds is 3. The fourth-order valence-corrected chi connectivity index (χ4v) is 8.77. The van der Waals surface area contributed by atoms with E-state index in [2.05, 4.69) is 79.8 Å². The highest BCUT2D eigenvalue weighted by Crippen LogP contribution is 2.50. The van der Waals surface area contributed by atoms with Crippen molar-refractivity contribution in [1.29, 1.82) is 0 Å². The van der Waals surface area contributed by atoms with E-state index in [4.69, 9.17) is 11.1 Å². The largest absolute Gasteiger partial charge is 0.178 e. The molecule has 2 aromatic carbocycles. The molecule has 0 nitrogen and oxygen atoms in total. The summed E-state index contributed by atoms with van der Waals surface area (Å²) in [4.78, 5) is 0. The fraction of sp³-hybridized carbons (Fsp3) is 0.200. The zero-order valence-electron chi connectivity index (χ0n) is 12.7. The average molecular weight is 323 g/mol. The molecule has 0 aliphatic heterocycles. The first kappa shape index (κ1) is 14.0. The topological polar surface area (TPSA) is 0 Å². The number of hydrogen-bond donors (Lipinski definition) is 0. The minimum atomic E-state index is -2.06. The molecule has 0 saturated heterocycles. The van der Waals surface area contributed by atoms with Gasteiger partial charge in [-0.05, 0) is 28.3 Å². The van der Waals surface area contributed by atoms with Crippen molar-refractivity contribution < 1.29 is 0 Å². The van der Waals surface area contributed by atoms with Gasteiger partial charge < -0.3 is 0 Å². The summed E-state index contributed by atoms with van der Waals surface area (Å²) in [6.07, 6.45) is 9.21. The third-order valence-electron chi connectivity index (χ3n) is 5.17. The van der Waals surface area contributed by atoms with Crippen molar-refractivity contribution >= 4 is 30.6 Å². The van der Waals surface area contributed by atoms with E-state index in [1.54, 1.807) is 0 Å². The monoisotopic (exact) mass is 322 g/mol. The van der Waals surface area contributed by atoms with Crippen LogP contribution in [0.15, 0.2) is 60.7 Å². The molecule has 0 bridgehead atoms. The van der Waals surface area contributed by atoms with Crippen LogP contribution in [0.25, 0.3) is 12.2 Å². The lowest BCUT2D eigenvalue weighted by Gasteiger charge is -2.35. The summed E-state index contributed by atoms with van der Waals surface area (Å²) >= 11 is 7.43. The molecule has 2 aliphatic carbocycles. The first-order valence-electron chi connectivity index (χ1n) is 7.97. The van der Waals surface area contributed by atoms with Crippen LogP contribution in [0.3, 0.4) is 0 Å². The molecule has 0 radical (unpaired) electrons. The van der Waals surface area contributed by atoms with Gasteiger partial charge in [-0.25, -0.2) is 0 Å². The molecular weight excluding hydrogens is 304 g/mol. The molecule has 2 atom stereocenters. The van der Waals surface area contributed by atoms with E-state index >= 15 is 0 Å². The van der Waals surface area contributed by atoms with E-state index in [-0.39, 0.29) is 0 Å². The Morgan fingerprint density at radius 2 is 1.27 bits per heavy atom. The van der Waals surface area contributed by atoms with Crippen LogP contribution < -0.4 is 0 Å². The van der Waals surface area contributed by atoms with Crippen LogP contribution in [0, 0.1) is 0 Å². The van der Waals surface area contributed by atoms with Gasteiger partial charge in [-0.1, -0.05) is 79.8 Å². The Hall–Kier alpha value is -1.57. The molecule has 0 heterocycles. The van der Waals surface area contributed by atoms with Crippen molar-refractivity contribution in [3.05, 3.63) is 82.9 Å². The highest BCUT2D eigenvalue weighted by molar-refractivity contribution is 7.22. The third kappa shape index (κ3) is 1.96. The molecule has 2 unspecified atom stereocenters. The lowest BCUT2D eigenvalue weighted by Crippen LogP contribution is -2.40. The number of benzene rings is 2. The summed E-state index contributed by atoms with van der Waals surface area (Å²) in [5, 5.41) is 0. The molecule has 0 amide bonds. The predicted octanol–water partition coefficient (Wildman–Crippen LogP) is 5.89. The minimum Gasteiger partial charge on any atom is -0.165 e. The lowest BCUT2D eigenvalue weighted by molar-refractivity contribution is 1.04. The quantitative estimate of drug-likeness (QED) is 0.488. The van der Waals surface area contributed by atoms with Gasteiger partial charge in [0, 0.05) is 11.1 Å². The van der Waals surface area contributed by atoms with Gasteiger partial charge in [0.2, 0.25) is 0 Å². The SMILES string of the molecule is CC[Si](Cl)(C1C=Cc2ccccc21)C1C=Cc2ccccc21. The van der Waals surface area contributed by atoms with E-state index in [0.717, 1.165) is 6.04 Å². The third-order valence-corrected chi connectivity index (χ3v) is 11.5. The van der Waals surface area contributed by atoms with Crippen molar-refractivity contribution in [1.82, 2.24) is 0 Å². The number of hydrogen-bond acceptors (Lipinski definition) is 0. The standard InChI is InChI=1S/C20H19ClSi/c1-2-22(21,19-13-11-15-7-3-5-9-17(15)19)20-14-12-16-8-4-6-10-18(16)20/h3-14,19-20H,2H2,1H3. The van der Waals surface area contributed by atoms with Crippen molar-refractivity contribution in [2.45, 2.75) is 24.1 Å². The number of allylic oxidation sites excluding steroid dienone is 2. The van der Waals surface area contributed by atoms with Gasteiger partial charge in [0.1, 0.15) is 0 Å². The maximum atomic E-state index is 7.43. The number of fused-ring (bicyclic) bond motifs is 2. The molecule has 110 valence electrons. The molecule has 4 rings (SSSR count).